The number of amides is 1. The van der Waals surface area contributed by atoms with Gasteiger partial charge in [0.2, 0.25) is 0 Å². The maximum Gasteiger partial charge on any atom is 0.271 e. The second kappa shape index (κ2) is 10.1. The minimum absolute atomic E-state index is 0.203. The summed E-state index contributed by atoms with van der Waals surface area (Å²) in [7, 11) is 0. The summed E-state index contributed by atoms with van der Waals surface area (Å²) in [6.07, 6.45) is 1.70. The van der Waals surface area contributed by atoms with Crippen molar-refractivity contribution >= 4 is 23.9 Å². The van der Waals surface area contributed by atoms with E-state index in [4.69, 9.17) is 0 Å². The first-order valence-electron chi connectivity index (χ1n) is 9.65. The van der Waals surface area contributed by atoms with Crippen molar-refractivity contribution in [1.82, 2.24) is 5.43 Å². The summed E-state index contributed by atoms with van der Waals surface area (Å²) < 4.78 is 0. The van der Waals surface area contributed by atoms with Crippen LogP contribution in [-0.2, 0) is 11.5 Å². The van der Waals surface area contributed by atoms with Crippen LogP contribution in [0.25, 0.3) is 0 Å². The van der Waals surface area contributed by atoms with Gasteiger partial charge < -0.3 is 0 Å². The Balaban J connectivity index is 1.51. The monoisotopic (exact) mass is 402 g/mol. The standard InChI is InChI=1S/C25H26N2OS/c1-18-9-12-24(20(3)19(18)2)15-26-27-25(28)23-13-10-22(11-14-23)17-29-16-21-7-5-4-6-8-21/h4-15H,16-17H2,1-3H3,(H,27,28)/b26-15+. The van der Waals surface area contributed by atoms with Gasteiger partial charge in [-0.3, -0.25) is 4.79 Å². The largest absolute Gasteiger partial charge is 0.271 e. The molecule has 4 heteroatoms. The van der Waals surface area contributed by atoms with Gasteiger partial charge >= 0.3 is 0 Å². The molecule has 0 aromatic heterocycles. The lowest BCUT2D eigenvalue weighted by molar-refractivity contribution is 0.0955. The molecule has 29 heavy (non-hydrogen) atoms. The molecule has 1 N–H and O–H groups in total. The third-order valence-corrected chi connectivity index (χ3v) is 6.14. The molecule has 3 nitrogen and oxygen atoms in total. The van der Waals surface area contributed by atoms with Gasteiger partial charge in [0, 0.05) is 17.1 Å². The van der Waals surface area contributed by atoms with Crippen LogP contribution in [0.5, 0.6) is 0 Å². The Labute approximate surface area is 177 Å². The number of hydrogen-bond donors (Lipinski definition) is 1. The van der Waals surface area contributed by atoms with Crippen LogP contribution in [0.15, 0.2) is 71.8 Å². The van der Waals surface area contributed by atoms with Crippen LogP contribution in [0.2, 0.25) is 0 Å². The molecular weight excluding hydrogens is 376 g/mol. The molecule has 0 spiro atoms. The zero-order valence-electron chi connectivity index (χ0n) is 17.1. The van der Waals surface area contributed by atoms with Crippen molar-refractivity contribution in [3.05, 3.63) is 106 Å². The molecule has 0 aliphatic rings. The molecule has 3 aromatic carbocycles. The lowest BCUT2D eigenvalue weighted by atomic mass is 10.00. The van der Waals surface area contributed by atoms with Gasteiger partial charge in [0.05, 0.1) is 6.21 Å². The van der Waals surface area contributed by atoms with Gasteiger partial charge in [0.15, 0.2) is 0 Å². The highest BCUT2D eigenvalue weighted by Crippen LogP contribution is 2.18. The predicted octanol–water partition coefficient (Wildman–Crippen LogP) is 5.81. The van der Waals surface area contributed by atoms with Gasteiger partial charge in [0.25, 0.3) is 5.91 Å². The van der Waals surface area contributed by atoms with Crippen molar-refractivity contribution in [1.29, 1.82) is 0 Å². The number of benzene rings is 3. The third-order valence-electron chi connectivity index (χ3n) is 5.07. The number of nitrogens with zero attached hydrogens (tertiary/aromatic N) is 1. The summed E-state index contributed by atoms with van der Waals surface area (Å²) in [4.78, 5) is 12.3. The summed E-state index contributed by atoms with van der Waals surface area (Å²) in [5.74, 6) is 1.70. The zero-order valence-corrected chi connectivity index (χ0v) is 17.9. The minimum Gasteiger partial charge on any atom is -0.267 e. The first-order chi connectivity index (χ1) is 14.0. The maximum atomic E-state index is 12.3. The fraction of sp³-hybridized carbons (Fsp3) is 0.200. The highest BCUT2D eigenvalue weighted by Gasteiger charge is 2.05. The van der Waals surface area contributed by atoms with Crippen molar-refractivity contribution in [2.75, 3.05) is 0 Å². The van der Waals surface area contributed by atoms with Crippen molar-refractivity contribution in [2.45, 2.75) is 32.3 Å². The van der Waals surface area contributed by atoms with Crippen molar-refractivity contribution in [3.8, 4) is 0 Å². The van der Waals surface area contributed by atoms with Crippen molar-refractivity contribution in [3.63, 3.8) is 0 Å². The molecular formula is C25H26N2OS. The van der Waals surface area contributed by atoms with E-state index in [1.54, 1.807) is 6.21 Å². The summed E-state index contributed by atoms with van der Waals surface area (Å²) in [5.41, 5.74) is 10.5. The summed E-state index contributed by atoms with van der Waals surface area (Å²) >= 11 is 1.86. The predicted molar refractivity (Wildman–Crippen MR) is 124 cm³/mol. The van der Waals surface area contributed by atoms with E-state index in [-0.39, 0.29) is 5.91 Å². The molecule has 1 amide bonds. The molecule has 0 atom stereocenters. The van der Waals surface area contributed by atoms with Crippen molar-refractivity contribution < 1.29 is 4.79 Å². The molecule has 0 saturated carbocycles. The Hall–Kier alpha value is -2.85. The number of hydrogen-bond acceptors (Lipinski definition) is 3. The van der Waals surface area contributed by atoms with E-state index in [1.165, 1.54) is 27.8 Å². The molecule has 0 unspecified atom stereocenters. The number of thioether (sulfide) groups is 1. The Morgan fingerprint density at radius 2 is 1.52 bits per heavy atom. The third kappa shape index (κ3) is 5.81. The molecule has 148 valence electrons. The Kier molecular flexibility index (Phi) is 7.25. The SMILES string of the molecule is Cc1ccc(/C=N/NC(=O)c2ccc(CSCc3ccccc3)cc2)c(C)c1C. The van der Waals surface area contributed by atoms with E-state index in [1.807, 2.05) is 48.2 Å². The average Bonchev–Trinajstić information content (AvgIpc) is 2.75. The van der Waals surface area contributed by atoms with Crippen LogP contribution in [0, 0.1) is 20.8 Å². The van der Waals surface area contributed by atoms with Crippen LogP contribution >= 0.6 is 11.8 Å². The van der Waals surface area contributed by atoms with Crippen LogP contribution in [0.4, 0.5) is 0 Å². The van der Waals surface area contributed by atoms with E-state index in [9.17, 15) is 4.79 Å². The van der Waals surface area contributed by atoms with Crippen LogP contribution in [-0.4, -0.2) is 12.1 Å². The summed E-state index contributed by atoms with van der Waals surface area (Å²) in [5, 5.41) is 4.13. The highest BCUT2D eigenvalue weighted by molar-refractivity contribution is 7.97. The minimum atomic E-state index is -0.203. The molecule has 0 fully saturated rings. The first kappa shape index (κ1) is 20.9. The zero-order chi connectivity index (χ0) is 20.6. The highest BCUT2D eigenvalue weighted by atomic mass is 32.2. The van der Waals surface area contributed by atoms with Crippen molar-refractivity contribution in [2.24, 2.45) is 5.10 Å². The number of carbonyl (C=O) groups excluding carboxylic acids is 1. The molecule has 0 aliphatic heterocycles. The lowest BCUT2D eigenvalue weighted by Gasteiger charge is -2.07. The van der Waals surface area contributed by atoms with E-state index >= 15 is 0 Å². The quantitative estimate of drug-likeness (QED) is 0.400. The molecule has 0 bridgehead atoms. The average molecular weight is 403 g/mol. The Morgan fingerprint density at radius 1 is 0.862 bits per heavy atom. The molecule has 0 radical (unpaired) electrons. The molecule has 3 rings (SSSR count). The number of rotatable bonds is 7. The van der Waals surface area contributed by atoms with Crippen LogP contribution < -0.4 is 5.43 Å². The first-order valence-corrected chi connectivity index (χ1v) is 10.8. The van der Waals surface area contributed by atoms with Gasteiger partial charge in [-0.25, -0.2) is 5.43 Å². The summed E-state index contributed by atoms with van der Waals surface area (Å²) in [6.45, 7) is 6.26. The van der Waals surface area contributed by atoms with Gasteiger partial charge in [0.1, 0.15) is 0 Å². The fourth-order valence-electron chi connectivity index (χ4n) is 2.96. The van der Waals surface area contributed by atoms with E-state index in [0.29, 0.717) is 5.56 Å². The maximum absolute atomic E-state index is 12.3. The van der Waals surface area contributed by atoms with Gasteiger partial charge in [-0.05, 0) is 66.3 Å². The van der Waals surface area contributed by atoms with E-state index in [0.717, 1.165) is 17.1 Å². The smallest absolute Gasteiger partial charge is 0.267 e. The van der Waals surface area contributed by atoms with Crippen LogP contribution in [0.1, 0.15) is 43.7 Å². The lowest BCUT2D eigenvalue weighted by Crippen LogP contribution is -2.17. The second-order valence-electron chi connectivity index (χ2n) is 7.10. The molecule has 3 aromatic rings. The summed E-state index contributed by atoms with van der Waals surface area (Å²) in [6, 6.07) is 22.2. The molecule has 0 heterocycles. The van der Waals surface area contributed by atoms with E-state index < -0.39 is 0 Å². The number of hydrazone groups is 1. The number of carbonyl (C=O) groups is 1. The number of aryl methyl sites for hydroxylation is 1. The normalized spacial score (nSPS) is 11.0. The van der Waals surface area contributed by atoms with Gasteiger partial charge in [-0.1, -0.05) is 54.6 Å². The topological polar surface area (TPSA) is 41.5 Å². The fourth-order valence-corrected chi connectivity index (χ4v) is 3.91. The van der Waals surface area contributed by atoms with E-state index in [2.05, 4.69) is 61.6 Å². The molecule has 0 aliphatic carbocycles. The number of nitrogens with one attached hydrogen (secondary N) is 1. The van der Waals surface area contributed by atoms with Gasteiger partial charge in [-0.2, -0.15) is 16.9 Å². The Morgan fingerprint density at radius 3 is 2.21 bits per heavy atom. The van der Waals surface area contributed by atoms with Crippen LogP contribution in [0.3, 0.4) is 0 Å². The van der Waals surface area contributed by atoms with Gasteiger partial charge in [-0.15, -0.1) is 0 Å². The Bertz CT molecular complexity index is 995. The second-order valence-corrected chi connectivity index (χ2v) is 8.08. The molecule has 0 saturated heterocycles.